The minimum Gasteiger partial charge on any atom is -0.485 e. The SMILES string of the molecule is CC1CCC(C2COC(COc3ccc(C(F)(F)Oc4cc(F)c(F)c(F)c4)c(F)c3F)OC2)CC1. The number of rotatable bonds is 7. The van der Waals surface area contributed by atoms with Crippen molar-refractivity contribution in [2.24, 2.45) is 17.8 Å². The lowest BCUT2D eigenvalue weighted by atomic mass is 9.76. The molecular weight excluding hydrogens is 497 g/mol. The van der Waals surface area contributed by atoms with Gasteiger partial charge in [0.1, 0.15) is 17.9 Å². The molecular formula is C25H25F7O4. The van der Waals surface area contributed by atoms with Crippen LogP contribution >= 0.6 is 0 Å². The zero-order valence-electron chi connectivity index (χ0n) is 19.3. The molecule has 1 aliphatic carbocycles. The molecule has 0 bridgehead atoms. The van der Waals surface area contributed by atoms with Crippen molar-refractivity contribution in [3.05, 3.63) is 58.9 Å². The molecule has 36 heavy (non-hydrogen) atoms. The first kappa shape index (κ1) is 26.5. The van der Waals surface area contributed by atoms with Crippen LogP contribution in [-0.2, 0) is 15.6 Å². The average molecular weight is 522 g/mol. The molecule has 0 spiro atoms. The van der Waals surface area contributed by atoms with Crippen LogP contribution in [0.2, 0.25) is 0 Å². The topological polar surface area (TPSA) is 36.9 Å². The van der Waals surface area contributed by atoms with Crippen molar-refractivity contribution in [2.45, 2.75) is 45.0 Å². The van der Waals surface area contributed by atoms with E-state index in [0.717, 1.165) is 37.7 Å². The summed E-state index contributed by atoms with van der Waals surface area (Å²) < 4.78 is 118. The van der Waals surface area contributed by atoms with Gasteiger partial charge in [-0.2, -0.15) is 13.2 Å². The molecule has 1 saturated heterocycles. The van der Waals surface area contributed by atoms with Crippen molar-refractivity contribution in [3.8, 4) is 11.5 Å². The predicted octanol–water partition coefficient (Wildman–Crippen LogP) is 6.70. The van der Waals surface area contributed by atoms with Crippen molar-refractivity contribution >= 4 is 0 Å². The predicted molar refractivity (Wildman–Crippen MR) is 113 cm³/mol. The first-order valence-corrected chi connectivity index (χ1v) is 11.6. The van der Waals surface area contributed by atoms with Gasteiger partial charge in [0.25, 0.3) is 0 Å². The summed E-state index contributed by atoms with van der Waals surface area (Å²) in [5, 5.41) is 0. The Balaban J connectivity index is 1.35. The third-order valence-electron chi connectivity index (χ3n) is 6.66. The van der Waals surface area contributed by atoms with Crippen LogP contribution in [0.15, 0.2) is 24.3 Å². The molecule has 0 atom stereocenters. The van der Waals surface area contributed by atoms with Crippen molar-refractivity contribution in [3.63, 3.8) is 0 Å². The Kier molecular flexibility index (Phi) is 7.99. The first-order valence-electron chi connectivity index (χ1n) is 11.6. The Hall–Kier alpha value is -2.53. The van der Waals surface area contributed by atoms with Gasteiger partial charge < -0.3 is 18.9 Å². The molecule has 0 aromatic heterocycles. The zero-order chi connectivity index (χ0) is 26.0. The second-order valence-electron chi connectivity index (χ2n) is 9.25. The summed E-state index contributed by atoms with van der Waals surface area (Å²) in [7, 11) is 0. The Morgan fingerprint density at radius 3 is 2.06 bits per heavy atom. The van der Waals surface area contributed by atoms with Gasteiger partial charge in [0.15, 0.2) is 35.3 Å². The number of alkyl halides is 2. The molecule has 11 heteroatoms. The summed E-state index contributed by atoms with van der Waals surface area (Å²) in [5.74, 6) is -9.50. The average Bonchev–Trinajstić information content (AvgIpc) is 2.84. The van der Waals surface area contributed by atoms with Gasteiger partial charge in [0.2, 0.25) is 5.82 Å². The van der Waals surface area contributed by atoms with Gasteiger partial charge in [0.05, 0.1) is 13.2 Å². The Morgan fingerprint density at radius 1 is 0.833 bits per heavy atom. The molecule has 2 aliphatic rings. The van der Waals surface area contributed by atoms with Crippen molar-refractivity contribution in [1.29, 1.82) is 0 Å². The fraction of sp³-hybridized carbons (Fsp3) is 0.520. The minimum atomic E-state index is -4.54. The fourth-order valence-electron chi connectivity index (χ4n) is 4.50. The van der Waals surface area contributed by atoms with Crippen molar-refractivity contribution in [1.82, 2.24) is 0 Å². The van der Waals surface area contributed by atoms with E-state index in [1.165, 1.54) is 0 Å². The summed E-state index contributed by atoms with van der Waals surface area (Å²) in [6.07, 6.45) is -0.834. The summed E-state index contributed by atoms with van der Waals surface area (Å²) in [6.45, 7) is 2.81. The molecule has 2 aromatic rings. The molecule has 0 amide bonds. The largest absolute Gasteiger partial charge is 0.485 e. The van der Waals surface area contributed by atoms with Crippen LogP contribution in [0.25, 0.3) is 0 Å². The van der Waals surface area contributed by atoms with E-state index in [1.807, 2.05) is 0 Å². The van der Waals surface area contributed by atoms with Gasteiger partial charge >= 0.3 is 6.11 Å². The van der Waals surface area contributed by atoms with Crippen LogP contribution in [-0.4, -0.2) is 26.1 Å². The van der Waals surface area contributed by atoms with Crippen LogP contribution in [0.1, 0.15) is 38.2 Å². The van der Waals surface area contributed by atoms with E-state index in [9.17, 15) is 30.7 Å². The summed E-state index contributed by atoms with van der Waals surface area (Å²) >= 11 is 0. The third kappa shape index (κ3) is 5.88. The van der Waals surface area contributed by atoms with Gasteiger partial charge in [-0.3, -0.25) is 0 Å². The standard InChI is InChI=1S/C25H25F7O4/c1-13-2-4-14(5-3-13)15-10-34-21(35-11-15)12-33-20-7-6-17(22(28)24(20)30)25(31,32)36-16-8-18(26)23(29)19(27)9-16/h6-9,13-15,21H,2-5,10-12H2,1H3. The molecule has 0 N–H and O–H groups in total. The second kappa shape index (κ2) is 10.8. The summed E-state index contributed by atoms with van der Waals surface area (Å²) in [5.41, 5.74) is -1.55. The number of halogens is 7. The van der Waals surface area contributed by atoms with Crippen LogP contribution in [0.3, 0.4) is 0 Å². The van der Waals surface area contributed by atoms with Crippen molar-refractivity contribution in [2.75, 3.05) is 19.8 Å². The highest BCUT2D eigenvalue weighted by atomic mass is 19.3. The molecule has 1 heterocycles. The van der Waals surface area contributed by atoms with E-state index in [1.54, 1.807) is 0 Å². The maximum absolute atomic E-state index is 14.5. The Labute approximate surface area is 203 Å². The third-order valence-corrected chi connectivity index (χ3v) is 6.66. The lowest BCUT2D eigenvalue weighted by molar-refractivity contribution is -0.220. The minimum absolute atomic E-state index is 0.154. The second-order valence-corrected chi connectivity index (χ2v) is 9.25. The van der Waals surface area contributed by atoms with Gasteiger partial charge in [-0.05, 0) is 36.8 Å². The number of hydrogen-bond acceptors (Lipinski definition) is 4. The monoisotopic (exact) mass is 522 g/mol. The van der Waals surface area contributed by atoms with Crippen LogP contribution < -0.4 is 9.47 Å². The number of hydrogen-bond donors (Lipinski definition) is 0. The molecule has 4 nitrogen and oxygen atoms in total. The number of ether oxygens (including phenoxy) is 4. The van der Waals surface area contributed by atoms with Crippen LogP contribution in [0.5, 0.6) is 11.5 Å². The highest BCUT2D eigenvalue weighted by Gasteiger charge is 2.40. The molecule has 0 unspecified atom stereocenters. The first-order chi connectivity index (χ1) is 17.0. The van der Waals surface area contributed by atoms with Gasteiger partial charge in [-0.15, -0.1) is 0 Å². The molecule has 198 valence electrons. The normalized spacial score (nSPS) is 25.0. The van der Waals surface area contributed by atoms with E-state index in [0.29, 0.717) is 25.2 Å². The zero-order valence-corrected chi connectivity index (χ0v) is 19.3. The molecule has 2 fully saturated rings. The van der Waals surface area contributed by atoms with Gasteiger partial charge in [0, 0.05) is 18.1 Å². The quantitative estimate of drug-likeness (QED) is 0.300. The smallest absolute Gasteiger partial charge is 0.429 e. The molecule has 4 rings (SSSR count). The Morgan fingerprint density at radius 2 is 1.44 bits per heavy atom. The van der Waals surface area contributed by atoms with E-state index in [-0.39, 0.29) is 24.7 Å². The molecule has 2 aromatic carbocycles. The lowest BCUT2D eigenvalue weighted by Crippen LogP contribution is -2.39. The van der Waals surface area contributed by atoms with Gasteiger partial charge in [-0.25, -0.2) is 17.6 Å². The van der Waals surface area contributed by atoms with E-state index < -0.39 is 58.5 Å². The van der Waals surface area contributed by atoms with Crippen LogP contribution in [0, 0.1) is 46.8 Å². The van der Waals surface area contributed by atoms with Gasteiger partial charge in [-0.1, -0.05) is 19.8 Å². The molecule has 0 radical (unpaired) electrons. The van der Waals surface area contributed by atoms with E-state index in [4.69, 9.17) is 14.2 Å². The van der Waals surface area contributed by atoms with E-state index >= 15 is 0 Å². The summed E-state index contributed by atoms with van der Waals surface area (Å²) in [4.78, 5) is 0. The van der Waals surface area contributed by atoms with Crippen molar-refractivity contribution < 1.29 is 49.7 Å². The lowest BCUT2D eigenvalue weighted by Gasteiger charge is -2.37. The Bertz CT molecular complexity index is 1040. The number of benzene rings is 2. The maximum atomic E-state index is 14.5. The maximum Gasteiger partial charge on any atom is 0.429 e. The van der Waals surface area contributed by atoms with E-state index in [2.05, 4.69) is 11.7 Å². The molecule has 1 saturated carbocycles. The highest BCUT2D eigenvalue weighted by molar-refractivity contribution is 5.34. The van der Waals surface area contributed by atoms with Crippen LogP contribution in [0.4, 0.5) is 30.7 Å². The highest BCUT2D eigenvalue weighted by Crippen LogP contribution is 2.38. The fourth-order valence-corrected chi connectivity index (χ4v) is 4.50. The summed E-state index contributed by atoms with van der Waals surface area (Å²) in [6, 6.07) is 1.57. The molecule has 1 aliphatic heterocycles.